The normalized spacial score (nSPS) is 10.4. The molecule has 0 saturated carbocycles. The minimum atomic E-state index is 0.780. The molecule has 0 unspecified atom stereocenters. The largest absolute Gasteiger partial charge is 0.103 e. The maximum Gasteiger partial charge on any atom is 0.0406 e. The number of aryl methyl sites for hydroxylation is 1. The molecule has 0 heterocycles. The van der Waals surface area contributed by atoms with E-state index in [0.29, 0.717) is 0 Å². The van der Waals surface area contributed by atoms with Gasteiger partial charge in [-0.2, -0.15) is 0 Å². The Morgan fingerprint density at radius 1 is 0.842 bits per heavy atom. The number of allylic oxidation sites excluding steroid dienone is 1. The zero-order valence-electron chi connectivity index (χ0n) is 11.1. The van der Waals surface area contributed by atoms with Gasteiger partial charge in [0.1, 0.15) is 0 Å². The predicted molar refractivity (Wildman–Crippen MR) is 84.6 cm³/mol. The van der Waals surface area contributed by atoms with Crippen molar-refractivity contribution in [3.05, 3.63) is 71.8 Å². The molecule has 0 saturated heterocycles. The Bertz CT molecular complexity index is 508. The van der Waals surface area contributed by atoms with Crippen LogP contribution in [0.2, 0.25) is 5.02 Å². The van der Waals surface area contributed by atoms with E-state index in [1.54, 1.807) is 0 Å². The molecule has 98 valence electrons. The zero-order chi connectivity index (χ0) is 13.5. The van der Waals surface area contributed by atoms with Crippen LogP contribution in [-0.2, 0) is 6.42 Å². The minimum Gasteiger partial charge on any atom is -0.103 e. The first-order valence-corrected chi connectivity index (χ1v) is 7.13. The van der Waals surface area contributed by atoms with Gasteiger partial charge in [-0.1, -0.05) is 54.1 Å². The van der Waals surface area contributed by atoms with Crippen molar-refractivity contribution in [1.82, 2.24) is 0 Å². The monoisotopic (exact) mass is 270 g/mol. The summed E-state index contributed by atoms with van der Waals surface area (Å²) in [5, 5.41) is 0.780. The first-order valence-electron chi connectivity index (χ1n) is 6.75. The minimum absolute atomic E-state index is 0.780. The van der Waals surface area contributed by atoms with E-state index < -0.39 is 0 Å². The summed E-state index contributed by atoms with van der Waals surface area (Å²) in [5.41, 5.74) is 3.86. The SMILES string of the molecule is C=CCCCCc1ccc(-c2ccc(Cl)cc2)cc1. The highest BCUT2D eigenvalue weighted by atomic mass is 35.5. The second-order valence-corrected chi connectivity index (χ2v) is 5.17. The van der Waals surface area contributed by atoms with Crippen molar-refractivity contribution in [3.8, 4) is 11.1 Å². The third-order valence-electron chi connectivity index (χ3n) is 3.26. The van der Waals surface area contributed by atoms with Gasteiger partial charge in [0.15, 0.2) is 0 Å². The highest BCUT2D eigenvalue weighted by Gasteiger charge is 1.98. The lowest BCUT2D eigenvalue weighted by molar-refractivity contribution is 0.748. The average molecular weight is 271 g/mol. The van der Waals surface area contributed by atoms with Crippen LogP contribution in [0.3, 0.4) is 0 Å². The lowest BCUT2D eigenvalue weighted by Crippen LogP contribution is -1.86. The highest BCUT2D eigenvalue weighted by molar-refractivity contribution is 6.30. The van der Waals surface area contributed by atoms with Crippen LogP contribution in [0.25, 0.3) is 11.1 Å². The van der Waals surface area contributed by atoms with Gasteiger partial charge in [0, 0.05) is 5.02 Å². The molecule has 0 atom stereocenters. The van der Waals surface area contributed by atoms with Crippen LogP contribution < -0.4 is 0 Å². The summed E-state index contributed by atoms with van der Waals surface area (Å²) in [7, 11) is 0. The summed E-state index contributed by atoms with van der Waals surface area (Å²) < 4.78 is 0. The maximum absolute atomic E-state index is 5.90. The summed E-state index contributed by atoms with van der Waals surface area (Å²) in [6, 6.07) is 16.8. The fourth-order valence-corrected chi connectivity index (χ4v) is 2.25. The Morgan fingerprint density at radius 2 is 1.42 bits per heavy atom. The van der Waals surface area contributed by atoms with Crippen LogP contribution in [0.1, 0.15) is 24.8 Å². The van der Waals surface area contributed by atoms with Crippen LogP contribution in [-0.4, -0.2) is 0 Å². The van der Waals surface area contributed by atoms with E-state index in [1.807, 2.05) is 18.2 Å². The summed E-state index contributed by atoms with van der Waals surface area (Å²) in [6.07, 6.45) is 6.70. The van der Waals surface area contributed by atoms with Gasteiger partial charge in [0.2, 0.25) is 0 Å². The molecule has 0 N–H and O–H groups in total. The van der Waals surface area contributed by atoms with Gasteiger partial charge in [-0.25, -0.2) is 0 Å². The molecule has 0 amide bonds. The molecule has 0 aliphatic rings. The standard InChI is InChI=1S/C18H19Cl/c1-2-3-4-5-6-15-7-9-16(10-8-15)17-11-13-18(19)14-12-17/h2,7-14H,1,3-6H2. The van der Waals surface area contributed by atoms with Crippen molar-refractivity contribution < 1.29 is 0 Å². The van der Waals surface area contributed by atoms with Gasteiger partial charge >= 0.3 is 0 Å². The van der Waals surface area contributed by atoms with E-state index in [0.717, 1.165) is 17.9 Å². The summed E-state index contributed by atoms with van der Waals surface area (Å²) in [5.74, 6) is 0. The number of rotatable bonds is 6. The van der Waals surface area contributed by atoms with Gasteiger partial charge in [-0.3, -0.25) is 0 Å². The van der Waals surface area contributed by atoms with Gasteiger partial charge in [-0.05, 0) is 54.5 Å². The second-order valence-electron chi connectivity index (χ2n) is 4.74. The van der Waals surface area contributed by atoms with E-state index in [4.69, 9.17) is 11.6 Å². The van der Waals surface area contributed by atoms with Crippen molar-refractivity contribution >= 4 is 11.6 Å². The lowest BCUT2D eigenvalue weighted by Gasteiger charge is -2.05. The predicted octanol–water partition coefficient (Wildman–Crippen LogP) is 5.91. The molecular formula is C18H19Cl. The fraction of sp³-hybridized carbons (Fsp3) is 0.222. The number of benzene rings is 2. The van der Waals surface area contributed by atoms with Crippen molar-refractivity contribution in [1.29, 1.82) is 0 Å². The second kappa shape index (κ2) is 7.16. The highest BCUT2D eigenvalue weighted by Crippen LogP contribution is 2.22. The zero-order valence-corrected chi connectivity index (χ0v) is 11.9. The van der Waals surface area contributed by atoms with Crippen LogP contribution in [0.5, 0.6) is 0 Å². The smallest absolute Gasteiger partial charge is 0.0406 e. The third-order valence-corrected chi connectivity index (χ3v) is 3.51. The molecule has 2 rings (SSSR count). The molecule has 0 aliphatic heterocycles. The first kappa shape index (κ1) is 13.9. The van der Waals surface area contributed by atoms with E-state index in [-0.39, 0.29) is 0 Å². The van der Waals surface area contributed by atoms with Crippen LogP contribution >= 0.6 is 11.6 Å². The number of hydrogen-bond acceptors (Lipinski definition) is 0. The molecule has 0 aromatic heterocycles. The Kier molecular flexibility index (Phi) is 5.23. The van der Waals surface area contributed by atoms with E-state index in [9.17, 15) is 0 Å². The summed E-state index contributed by atoms with van der Waals surface area (Å²) in [4.78, 5) is 0. The van der Waals surface area contributed by atoms with Crippen molar-refractivity contribution in [2.45, 2.75) is 25.7 Å². The fourth-order valence-electron chi connectivity index (χ4n) is 2.12. The molecule has 0 bridgehead atoms. The van der Waals surface area contributed by atoms with Crippen molar-refractivity contribution in [2.75, 3.05) is 0 Å². The Labute approximate surface area is 120 Å². The molecule has 0 aliphatic carbocycles. The summed E-state index contributed by atoms with van der Waals surface area (Å²) >= 11 is 5.90. The molecule has 0 nitrogen and oxygen atoms in total. The molecule has 0 fully saturated rings. The van der Waals surface area contributed by atoms with E-state index >= 15 is 0 Å². The quantitative estimate of drug-likeness (QED) is 0.452. The van der Waals surface area contributed by atoms with Gasteiger partial charge in [0.25, 0.3) is 0 Å². The van der Waals surface area contributed by atoms with E-state index in [1.165, 1.54) is 29.5 Å². The van der Waals surface area contributed by atoms with Crippen LogP contribution in [0.4, 0.5) is 0 Å². The molecule has 0 spiro atoms. The van der Waals surface area contributed by atoms with Crippen LogP contribution in [0.15, 0.2) is 61.2 Å². The van der Waals surface area contributed by atoms with Gasteiger partial charge in [-0.15, -0.1) is 6.58 Å². The van der Waals surface area contributed by atoms with Crippen molar-refractivity contribution in [2.24, 2.45) is 0 Å². The number of hydrogen-bond donors (Lipinski definition) is 0. The third kappa shape index (κ3) is 4.25. The average Bonchev–Trinajstić information content (AvgIpc) is 2.45. The van der Waals surface area contributed by atoms with Gasteiger partial charge in [0.05, 0.1) is 0 Å². The Morgan fingerprint density at radius 3 is 2.00 bits per heavy atom. The molecule has 1 heteroatoms. The Hall–Kier alpha value is -1.53. The molecule has 2 aromatic carbocycles. The topological polar surface area (TPSA) is 0 Å². The lowest BCUT2D eigenvalue weighted by atomic mass is 10.0. The number of halogens is 1. The van der Waals surface area contributed by atoms with Crippen molar-refractivity contribution in [3.63, 3.8) is 0 Å². The molecule has 0 radical (unpaired) electrons. The summed E-state index contributed by atoms with van der Waals surface area (Å²) in [6.45, 7) is 3.75. The van der Waals surface area contributed by atoms with Crippen LogP contribution in [0, 0.1) is 0 Å². The molecular weight excluding hydrogens is 252 g/mol. The van der Waals surface area contributed by atoms with Gasteiger partial charge < -0.3 is 0 Å². The molecule has 19 heavy (non-hydrogen) atoms. The molecule has 2 aromatic rings. The number of unbranched alkanes of at least 4 members (excludes halogenated alkanes) is 2. The first-order chi connectivity index (χ1) is 9.29. The Balaban J connectivity index is 1.98. The van der Waals surface area contributed by atoms with E-state index in [2.05, 4.69) is 43.0 Å². The maximum atomic E-state index is 5.90.